The third-order valence-corrected chi connectivity index (χ3v) is 7.52. The molecular formula is C7H4Br3NaO5S2. The zero-order valence-corrected chi connectivity index (χ0v) is 17.2. The Kier molecular flexibility index (Phi) is 9.17. The van der Waals surface area contributed by atoms with Gasteiger partial charge in [0.05, 0.1) is 16.9 Å². The van der Waals surface area contributed by atoms with E-state index in [0.29, 0.717) is 16.9 Å². The van der Waals surface area contributed by atoms with Gasteiger partial charge in [-0.3, -0.25) is 5.04 Å². The predicted molar refractivity (Wildman–Crippen MR) is 71.2 cm³/mol. The van der Waals surface area contributed by atoms with E-state index >= 15 is 0 Å². The van der Waals surface area contributed by atoms with Crippen LogP contribution < -0.4 is 34.8 Å². The number of sulfone groups is 1. The quantitative estimate of drug-likeness (QED) is 0.185. The summed E-state index contributed by atoms with van der Waals surface area (Å²) >= 11 is 9.54. The second-order valence-electron chi connectivity index (χ2n) is 2.64. The van der Waals surface area contributed by atoms with Crippen LogP contribution in [-0.2, 0) is 19.2 Å². The van der Waals surface area contributed by atoms with Crippen LogP contribution in [0.15, 0.2) is 34.1 Å². The van der Waals surface area contributed by atoms with Crippen molar-refractivity contribution in [2.75, 3.05) is 0 Å². The van der Waals surface area contributed by atoms with Crippen molar-refractivity contribution in [1.29, 1.82) is 0 Å². The monoisotopic (exact) mass is 492 g/mol. The van der Waals surface area contributed by atoms with Crippen molar-refractivity contribution in [3.63, 3.8) is 0 Å². The van der Waals surface area contributed by atoms with Crippen molar-refractivity contribution in [3.8, 4) is 0 Å². The molecule has 96 valence electrons. The molecule has 0 N–H and O–H groups in total. The Labute approximate surface area is 156 Å². The van der Waals surface area contributed by atoms with Crippen LogP contribution in [0.3, 0.4) is 0 Å². The first-order valence-electron chi connectivity index (χ1n) is 3.83. The maximum atomic E-state index is 11.9. The van der Waals surface area contributed by atoms with Crippen molar-refractivity contribution in [3.05, 3.63) is 24.3 Å². The fourth-order valence-corrected chi connectivity index (χ4v) is 3.66. The third-order valence-electron chi connectivity index (χ3n) is 1.60. The number of benzene rings is 1. The van der Waals surface area contributed by atoms with Gasteiger partial charge in [-0.2, -0.15) is 4.33 Å². The summed E-state index contributed by atoms with van der Waals surface area (Å²) in [4.78, 5) is 0.625. The molecule has 0 aromatic heterocycles. The summed E-state index contributed by atoms with van der Waals surface area (Å²) in [5.74, 6) is 0. The fourth-order valence-electron chi connectivity index (χ4n) is 0.861. The molecule has 5 nitrogen and oxygen atoms in total. The van der Waals surface area contributed by atoms with Gasteiger partial charge in [0.15, 0.2) is 0 Å². The van der Waals surface area contributed by atoms with Gasteiger partial charge in [-0.1, -0.05) is 0 Å². The Bertz CT molecular complexity index is 473. The minimum absolute atomic E-state index is 0. The molecule has 0 bridgehead atoms. The molecular weight excluding hydrogens is 491 g/mol. The van der Waals surface area contributed by atoms with Crippen LogP contribution in [0.1, 0.15) is 0 Å². The van der Waals surface area contributed by atoms with Gasteiger partial charge in [-0.05, 0) is 72.1 Å². The maximum absolute atomic E-state index is 11.9. The van der Waals surface area contributed by atoms with E-state index < -0.39 is 11.3 Å². The minimum atomic E-state index is -3.61. The Morgan fingerprint density at radius 1 is 1.17 bits per heavy atom. The molecule has 0 aliphatic carbocycles. The van der Waals surface area contributed by atoms with Crippen LogP contribution in [0.25, 0.3) is 0 Å². The average Bonchev–Trinajstić information content (AvgIpc) is 2.25. The predicted octanol–water partition coefficient (Wildman–Crippen LogP) is -0.509. The molecule has 0 heterocycles. The molecule has 1 aromatic carbocycles. The molecule has 0 atom stereocenters. The van der Waals surface area contributed by atoms with E-state index in [1.807, 2.05) is 0 Å². The van der Waals surface area contributed by atoms with Gasteiger partial charge in [-0.15, -0.1) is 0 Å². The van der Waals surface area contributed by atoms with E-state index in [9.17, 15) is 13.7 Å². The number of hydrogen-bond donors (Lipinski definition) is 0. The van der Waals surface area contributed by atoms with E-state index in [2.05, 4.69) is 57.2 Å². The molecule has 0 aliphatic rings. The zero-order valence-electron chi connectivity index (χ0n) is 8.80. The van der Waals surface area contributed by atoms with E-state index in [0.717, 1.165) is 0 Å². The van der Waals surface area contributed by atoms with Gasteiger partial charge >= 0.3 is 29.6 Å². The fraction of sp³-hybridized carbons (Fsp3) is 0.143. The molecule has 0 unspecified atom stereocenters. The molecule has 0 radical (unpaired) electrons. The number of alkyl halides is 3. The summed E-state index contributed by atoms with van der Waals surface area (Å²) in [6.45, 7) is 0. The van der Waals surface area contributed by atoms with Gasteiger partial charge in [0.25, 0.3) is 0 Å². The van der Waals surface area contributed by atoms with E-state index in [4.69, 9.17) is 0 Å². The largest absolute Gasteiger partial charge is 1.00 e. The van der Waals surface area contributed by atoms with Crippen molar-refractivity contribution < 1.29 is 52.6 Å². The molecule has 1 rings (SSSR count). The van der Waals surface area contributed by atoms with Gasteiger partial charge < -0.3 is 5.26 Å². The third kappa shape index (κ3) is 5.32. The molecule has 18 heavy (non-hydrogen) atoms. The Morgan fingerprint density at radius 2 is 1.67 bits per heavy atom. The summed E-state index contributed by atoms with van der Waals surface area (Å²) in [6, 6.07) is 5.72. The first-order valence-corrected chi connectivity index (χ1v) is 8.44. The van der Waals surface area contributed by atoms with Crippen molar-refractivity contribution in [1.82, 2.24) is 0 Å². The first kappa shape index (κ1) is 19.8. The number of hydrogen-bond acceptors (Lipinski definition) is 6. The second kappa shape index (κ2) is 8.32. The Morgan fingerprint density at radius 3 is 2.06 bits per heavy atom. The van der Waals surface area contributed by atoms with Crippen LogP contribution in [0.5, 0.6) is 0 Å². The topological polar surface area (TPSA) is 75.7 Å². The summed E-state index contributed by atoms with van der Waals surface area (Å²) in [5, 5.41) is 12.8. The van der Waals surface area contributed by atoms with Gasteiger partial charge in [0, 0.05) is 4.90 Å². The van der Waals surface area contributed by atoms with Crippen molar-refractivity contribution in [2.24, 2.45) is 0 Å². The summed E-state index contributed by atoms with van der Waals surface area (Å²) < 4.78 is 26.5. The average molecular weight is 495 g/mol. The molecule has 11 heteroatoms. The number of halogens is 3. The van der Waals surface area contributed by atoms with Crippen LogP contribution >= 0.6 is 59.8 Å². The number of rotatable bonds is 4. The Hall–Kier alpha value is 1.84. The molecule has 0 saturated carbocycles. The molecule has 0 amide bonds. The van der Waals surface area contributed by atoms with E-state index in [1.165, 1.54) is 24.3 Å². The molecule has 0 fully saturated rings. The van der Waals surface area contributed by atoms with Crippen molar-refractivity contribution >= 4 is 69.7 Å². The maximum Gasteiger partial charge on any atom is 1.00 e. The van der Waals surface area contributed by atoms with E-state index in [-0.39, 0.29) is 34.5 Å². The molecule has 1 aromatic rings. The standard InChI is InChI=1S/C7H5Br3O5S2.Na/c8-7(9,10)17(12,13)6-3-1-5(2-4-6)16-15-14-11;/h1-4,11H;/q;+1/p-1. The van der Waals surface area contributed by atoms with Crippen LogP contribution in [0.2, 0.25) is 0 Å². The molecule has 0 aliphatic heterocycles. The van der Waals surface area contributed by atoms with Gasteiger partial charge in [0.1, 0.15) is 0 Å². The van der Waals surface area contributed by atoms with Gasteiger partial charge in [-0.25, -0.2) is 8.42 Å². The molecule has 0 saturated heterocycles. The SMILES string of the molecule is O=S(=O)(c1ccc(SOO[O-])cc1)C(Br)(Br)Br.[Na+]. The smallest absolute Gasteiger partial charge is 0.691 e. The Balaban J connectivity index is 0.00000289. The van der Waals surface area contributed by atoms with Crippen LogP contribution in [0, 0.1) is 0 Å². The summed E-state index contributed by atoms with van der Waals surface area (Å²) in [6.07, 6.45) is 0. The summed E-state index contributed by atoms with van der Waals surface area (Å²) in [7, 11) is -3.61. The normalized spacial score (nSPS) is 12.0. The van der Waals surface area contributed by atoms with Gasteiger partial charge in [0.2, 0.25) is 11.3 Å². The van der Waals surface area contributed by atoms with Crippen LogP contribution in [-0.4, -0.2) is 9.89 Å². The minimum Gasteiger partial charge on any atom is -0.691 e. The second-order valence-corrected chi connectivity index (χ2v) is 13.8. The van der Waals surface area contributed by atoms with Crippen molar-refractivity contribution in [2.45, 2.75) is 11.3 Å². The summed E-state index contributed by atoms with van der Waals surface area (Å²) in [5.41, 5.74) is 0. The zero-order chi connectivity index (χ0) is 13.1. The van der Waals surface area contributed by atoms with E-state index in [1.54, 1.807) is 0 Å². The first-order chi connectivity index (χ1) is 7.79. The molecule has 0 spiro atoms. The van der Waals surface area contributed by atoms with Crippen LogP contribution in [0.4, 0.5) is 0 Å².